The van der Waals surface area contributed by atoms with Crippen LogP contribution in [0.25, 0.3) is 0 Å². The first kappa shape index (κ1) is 21.6. The van der Waals surface area contributed by atoms with Crippen molar-refractivity contribution in [2.24, 2.45) is 0 Å². The van der Waals surface area contributed by atoms with E-state index in [1.54, 1.807) is 0 Å². The van der Waals surface area contributed by atoms with Gasteiger partial charge in [-0.05, 0) is 64.2 Å². The smallest absolute Gasteiger partial charge is 0.303 e. The van der Waals surface area contributed by atoms with Crippen molar-refractivity contribution in [3.05, 3.63) is 36.5 Å². The Balaban J connectivity index is 3.26. The van der Waals surface area contributed by atoms with Gasteiger partial charge in [0.2, 0.25) is 0 Å². The summed E-state index contributed by atoms with van der Waals surface area (Å²) in [7, 11) is 0. The Bertz CT molecular complexity index is 343. The van der Waals surface area contributed by atoms with Crippen molar-refractivity contribution in [1.29, 1.82) is 0 Å². The van der Waals surface area contributed by atoms with E-state index in [2.05, 4.69) is 36.5 Å². The van der Waals surface area contributed by atoms with E-state index >= 15 is 0 Å². The van der Waals surface area contributed by atoms with E-state index in [1.165, 1.54) is 19.3 Å². The Morgan fingerprint density at radius 2 is 1.13 bits per heavy atom. The fourth-order valence-corrected chi connectivity index (χ4v) is 2.19. The van der Waals surface area contributed by atoms with Crippen molar-refractivity contribution in [2.75, 3.05) is 6.61 Å². The number of aliphatic carboxylic acids is 1. The molecule has 0 aliphatic rings. The number of unbranched alkanes of at least 4 members (excludes halogenated alkanes) is 7. The minimum atomic E-state index is -0.713. The molecule has 3 heteroatoms. The zero-order chi connectivity index (χ0) is 17.0. The van der Waals surface area contributed by atoms with E-state index in [4.69, 9.17) is 10.2 Å². The van der Waals surface area contributed by atoms with Gasteiger partial charge in [0.25, 0.3) is 0 Å². The van der Waals surface area contributed by atoms with Gasteiger partial charge in [-0.2, -0.15) is 0 Å². The largest absolute Gasteiger partial charge is 0.481 e. The van der Waals surface area contributed by atoms with Gasteiger partial charge in [0.15, 0.2) is 0 Å². The van der Waals surface area contributed by atoms with Gasteiger partial charge in [-0.15, -0.1) is 0 Å². The predicted octanol–water partition coefficient (Wildman–Crippen LogP) is 5.41. The second kappa shape index (κ2) is 18.7. The van der Waals surface area contributed by atoms with Gasteiger partial charge in [-0.3, -0.25) is 4.79 Å². The average molecular weight is 322 g/mol. The van der Waals surface area contributed by atoms with Gasteiger partial charge in [-0.25, -0.2) is 0 Å². The van der Waals surface area contributed by atoms with E-state index in [1.807, 2.05) is 0 Å². The number of carboxylic acid groups (broad SMARTS) is 1. The zero-order valence-corrected chi connectivity index (χ0v) is 14.5. The predicted molar refractivity (Wildman–Crippen MR) is 97.5 cm³/mol. The number of rotatable bonds is 16. The van der Waals surface area contributed by atoms with Crippen molar-refractivity contribution in [3.8, 4) is 0 Å². The van der Waals surface area contributed by atoms with Gasteiger partial charge >= 0.3 is 5.97 Å². The van der Waals surface area contributed by atoms with E-state index < -0.39 is 5.97 Å². The van der Waals surface area contributed by atoms with Crippen LogP contribution in [-0.2, 0) is 4.79 Å². The Morgan fingerprint density at radius 3 is 1.65 bits per heavy atom. The molecule has 0 heterocycles. The molecule has 0 atom stereocenters. The molecule has 0 spiro atoms. The van der Waals surface area contributed by atoms with Gasteiger partial charge < -0.3 is 10.2 Å². The molecule has 0 saturated carbocycles. The number of aliphatic hydroxyl groups excluding tert-OH is 1. The van der Waals surface area contributed by atoms with Crippen LogP contribution >= 0.6 is 0 Å². The van der Waals surface area contributed by atoms with Crippen LogP contribution in [0.3, 0.4) is 0 Å². The lowest BCUT2D eigenvalue weighted by atomic mass is 10.1. The first-order valence-corrected chi connectivity index (χ1v) is 9.05. The molecule has 0 aliphatic heterocycles. The molecule has 0 saturated heterocycles. The fourth-order valence-electron chi connectivity index (χ4n) is 2.19. The molecule has 0 radical (unpaired) electrons. The maximum atomic E-state index is 10.3. The van der Waals surface area contributed by atoms with Crippen LogP contribution in [0, 0.1) is 0 Å². The molecular formula is C20H34O3. The minimum Gasteiger partial charge on any atom is -0.481 e. The highest BCUT2D eigenvalue weighted by Gasteiger charge is 1.92. The monoisotopic (exact) mass is 322 g/mol. The van der Waals surface area contributed by atoms with Crippen LogP contribution in [0.2, 0.25) is 0 Å². The summed E-state index contributed by atoms with van der Waals surface area (Å²) in [5, 5.41) is 17.2. The number of carbonyl (C=O) groups is 1. The van der Waals surface area contributed by atoms with Crippen LogP contribution in [-0.4, -0.2) is 22.8 Å². The molecular weight excluding hydrogens is 288 g/mol. The number of aliphatic hydroxyl groups is 1. The molecule has 0 aromatic carbocycles. The third-order valence-corrected chi connectivity index (χ3v) is 3.55. The summed E-state index contributed by atoms with van der Waals surface area (Å²) in [5.74, 6) is -0.713. The topological polar surface area (TPSA) is 57.5 Å². The highest BCUT2D eigenvalue weighted by atomic mass is 16.4. The van der Waals surface area contributed by atoms with Gasteiger partial charge in [0.1, 0.15) is 0 Å². The third kappa shape index (κ3) is 20.6. The lowest BCUT2D eigenvalue weighted by molar-refractivity contribution is -0.137. The molecule has 0 aromatic rings. The third-order valence-electron chi connectivity index (χ3n) is 3.55. The van der Waals surface area contributed by atoms with E-state index in [9.17, 15) is 4.79 Å². The number of hydrogen-bond acceptors (Lipinski definition) is 2. The molecule has 132 valence electrons. The molecule has 0 rings (SSSR count). The molecule has 0 unspecified atom stereocenters. The van der Waals surface area contributed by atoms with Crippen molar-refractivity contribution in [1.82, 2.24) is 0 Å². The summed E-state index contributed by atoms with van der Waals surface area (Å²) < 4.78 is 0. The summed E-state index contributed by atoms with van der Waals surface area (Å²) >= 11 is 0. The molecule has 0 amide bonds. The maximum Gasteiger partial charge on any atom is 0.303 e. The van der Waals surface area contributed by atoms with Gasteiger partial charge in [-0.1, -0.05) is 42.9 Å². The average Bonchev–Trinajstić information content (AvgIpc) is 2.53. The molecule has 0 bridgehead atoms. The molecule has 0 aromatic heterocycles. The normalized spacial score (nSPS) is 12.0. The Kier molecular flexibility index (Phi) is 17.6. The van der Waals surface area contributed by atoms with Gasteiger partial charge in [0.05, 0.1) is 0 Å². The van der Waals surface area contributed by atoms with Crippen molar-refractivity contribution >= 4 is 5.97 Å². The second-order valence-corrected chi connectivity index (χ2v) is 5.79. The van der Waals surface area contributed by atoms with Crippen LogP contribution in [0.4, 0.5) is 0 Å². The van der Waals surface area contributed by atoms with E-state index in [-0.39, 0.29) is 6.42 Å². The van der Waals surface area contributed by atoms with Gasteiger partial charge in [0, 0.05) is 13.0 Å². The maximum absolute atomic E-state index is 10.3. The SMILES string of the molecule is O=C(O)CCC/C=C\C/C=C\CCCC/C=C\CCCCCO. The molecule has 3 nitrogen and oxygen atoms in total. The summed E-state index contributed by atoms with van der Waals surface area (Å²) in [4.78, 5) is 10.3. The van der Waals surface area contributed by atoms with Crippen LogP contribution in [0.15, 0.2) is 36.5 Å². The fraction of sp³-hybridized carbons (Fsp3) is 0.650. The van der Waals surface area contributed by atoms with Crippen molar-refractivity contribution < 1.29 is 15.0 Å². The van der Waals surface area contributed by atoms with Crippen molar-refractivity contribution in [3.63, 3.8) is 0 Å². The lowest BCUT2D eigenvalue weighted by Gasteiger charge is -1.95. The number of allylic oxidation sites excluding steroid dienone is 6. The minimum absolute atomic E-state index is 0.261. The Labute approximate surface area is 141 Å². The number of carboxylic acids is 1. The number of hydrogen-bond donors (Lipinski definition) is 2. The Hall–Kier alpha value is -1.35. The summed E-state index contributed by atoms with van der Waals surface area (Å²) in [6, 6.07) is 0. The highest BCUT2D eigenvalue weighted by Crippen LogP contribution is 2.05. The molecule has 0 aliphatic carbocycles. The highest BCUT2D eigenvalue weighted by molar-refractivity contribution is 5.66. The van der Waals surface area contributed by atoms with E-state index in [0.717, 1.165) is 51.4 Å². The summed E-state index contributed by atoms with van der Waals surface area (Å²) in [6.45, 7) is 0.317. The zero-order valence-electron chi connectivity index (χ0n) is 14.5. The standard InChI is InChI=1S/C20H34O3/c21-19-17-15-13-11-9-7-5-3-1-2-4-6-8-10-12-14-16-18-20(22)23/h4,6-7,9-10,12,21H,1-3,5,8,11,13-19H2,(H,22,23)/b6-4-,9-7-,12-10-. The Morgan fingerprint density at radius 1 is 0.652 bits per heavy atom. The van der Waals surface area contributed by atoms with Crippen molar-refractivity contribution in [2.45, 2.75) is 77.0 Å². The molecule has 0 fully saturated rings. The first-order valence-electron chi connectivity index (χ1n) is 9.05. The molecule has 23 heavy (non-hydrogen) atoms. The second-order valence-electron chi connectivity index (χ2n) is 5.79. The summed E-state index contributed by atoms with van der Waals surface area (Å²) in [6.07, 6.45) is 25.1. The first-order chi connectivity index (χ1) is 11.3. The quantitative estimate of drug-likeness (QED) is 0.295. The van der Waals surface area contributed by atoms with Crippen LogP contribution in [0.1, 0.15) is 77.0 Å². The van der Waals surface area contributed by atoms with Crippen LogP contribution in [0.5, 0.6) is 0 Å². The van der Waals surface area contributed by atoms with Crippen LogP contribution < -0.4 is 0 Å². The lowest BCUT2D eigenvalue weighted by Crippen LogP contribution is -1.92. The van der Waals surface area contributed by atoms with E-state index in [0.29, 0.717) is 6.61 Å². The summed E-state index contributed by atoms with van der Waals surface area (Å²) in [5.41, 5.74) is 0. The molecule has 2 N–H and O–H groups in total.